The number of halogens is 2. The summed E-state index contributed by atoms with van der Waals surface area (Å²) in [6.45, 7) is 3.55. The summed E-state index contributed by atoms with van der Waals surface area (Å²) >= 11 is 0. The Hall–Kier alpha value is -1.75. The van der Waals surface area contributed by atoms with Gasteiger partial charge >= 0.3 is 0 Å². The van der Waals surface area contributed by atoms with Crippen molar-refractivity contribution in [1.82, 2.24) is 15.1 Å². The van der Waals surface area contributed by atoms with E-state index in [9.17, 15) is 8.78 Å². The Morgan fingerprint density at radius 3 is 2.61 bits per heavy atom. The number of hydrogen-bond acceptors (Lipinski definition) is 2. The highest BCUT2D eigenvalue weighted by molar-refractivity contribution is 5.34. The second kappa shape index (κ2) is 5.73. The van der Waals surface area contributed by atoms with Crippen LogP contribution in [0.5, 0.6) is 0 Å². The zero-order chi connectivity index (χ0) is 13.0. The average molecular weight is 251 g/mol. The van der Waals surface area contributed by atoms with Gasteiger partial charge in [-0.3, -0.25) is 0 Å². The molecule has 1 aromatic heterocycles. The first-order chi connectivity index (χ1) is 8.72. The van der Waals surface area contributed by atoms with Crippen molar-refractivity contribution in [2.45, 2.75) is 19.9 Å². The summed E-state index contributed by atoms with van der Waals surface area (Å²) in [5.74, 6) is -1.24. The summed E-state index contributed by atoms with van der Waals surface area (Å²) in [5, 5.41) is 7.33. The van der Waals surface area contributed by atoms with E-state index in [1.54, 1.807) is 12.3 Å². The number of rotatable bonds is 5. The Labute approximate surface area is 104 Å². The fourth-order valence-corrected chi connectivity index (χ4v) is 1.68. The highest BCUT2D eigenvalue weighted by atomic mass is 19.1. The number of hydrogen-bond donors (Lipinski definition) is 1. The third-order valence-electron chi connectivity index (χ3n) is 2.54. The molecule has 0 saturated heterocycles. The van der Waals surface area contributed by atoms with Gasteiger partial charge in [0.2, 0.25) is 0 Å². The second-order valence-electron chi connectivity index (χ2n) is 4.00. The number of aromatic nitrogens is 2. The van der Waals surface area contributed by atoms with Gasteiger partial charge in [0.1, 0.15) is 5.69 Å². The van der Waals surface area contributed by atoms with Crippen LogP contribution < -0.4 is 5.32 Å². The predicted molar refractivity (Wildman–Crippen MR) is 65.5 cm³/mol. The molecular weight excluding hydrogens is 236 g/mol. The fraction of sp³-hybridized carbons (Fsp3) is 0.308. The van der Waals surface area contributed by atoms with Crippen molar-refractivity contribution in [2.75, 3.05) is 6.54 Å². The van der Waals surface area contributed by atoms with E-state index >= 15 is 0 Å². The standard InChI is InChI=1S/C13H15F2N3/c1-2-7-16-9-10-6-8-18(17-10)13-11(14)4-3-5-12(13)15/h3-6,8,16H,2,7,9H2,1H3. The van der Waals surface area contributed by atoms with E-state index in [4.69, 9.17) is 0 Å². The van der Waals surface area contributed by atoms with E-state index in [1.807, 2.05) is 0 Å². The first-order valence-corrected chi connectivity index (χ1v) is 5.92. The Morgan fingerprint density at radius 1 is 1.22 bits per heavy atom. The number of nitrogens with one attached hydrogen (secondary N) is 1. The van der Waals surface area contributed by atoms with Crippen LogP contribution in [-0.4, -0.2) is 16.3 Å². The van der Waals surface area contributed by atoms with Gasteiger partial charge in [0, 0.05) is 12.7 Å². The van der Waals surface area contributed by atoms with Crippen LogP contribution in [0.2, 0.25) is 0 Å². The van der Waals surface area contributed by atoms with Gasteiger partial charge in [-0.1, -0.05) is 13.0 Å². The molecule has 0 aliphatic rings. The molecule has 1 N–H and O–H groups in total. The third kappa shape index (κ3) is 2.73. The maximum Gasteiger partial charge on any atom is 0.151 e. The molecule has 0 fully saturated rings. The van der Waals surface area contributed by atoms with Crippen LogP contribution in [0.15, 0.2) is 30.5 Å². The molecule has 0 amide bonds. The van der Waals surface area contributed by atoms with Gasteiger partial charge in [-0.2, -0.15) is 5.10 Å². The van der Waals surface area contributed by atoms with Crippen molar-refractivity contribution in [3.8, 4) is 5.69 Å². The van der Waals surface area contributed by atoms with Crippen LogP contribution in [0.1, 0.15) is 19.0 Å². The van der Waals surface area contributed by atoms with Crippen LogP contribution >= 0.6 is 0 Å². The van der Waals surface area contributed by atoms with Gasteiger partial charge in [0.15, 0.2) is 11.6 Å². The highest BCUT2D eigenvalue weighted by Crippen LogP contribution is 2.16. The van der Waals surface area contributed by atoms with E-state index in [0.717, 1.165) is 18.7 Å². The topological polar surface area (TPSA) is 29.9 Å². The minimum Gasteiger partial charge on any atom is -0.311 e. The smallest absolute Gasteiger partial charge is 0.151 e. The average Bonchev–Trinajstić information content (AvgIpc) is 2.78. The maximum atomic E-state index is 13.5. The number of nitrogens with zero attached hydrogens (tertiary/aromatic N) is 2. The van der Waals surface area contributed by atoms with Gasteiger partial charge in [-0.05, 0) is 31.2 Å². The zero-order valence-corrected chi connectivity index (χ0v) is 10.2. The quantitative estimate of drug-likeness (QED) is 0.828. The lowest BCUT2D eigenvalue weighted by molar-refractivity contribution is 0.557. The minimum absolute atomic E-state index is 0.140. The maximum absolute atomic E-state index is 13.5. The van der Waals surface area contributed by atoms with Crippen molar-refractivity contribution in [3.05, 3.63) is 47.8 Å². The first kappa shape index (κ1) is 12.7. The molecule has 96 valence electrons. The molecule has 0 bridgehead atoms. The normalized spacial score (nSPS) is 10.8. The van der Waals surface area contributed by atoms with Gasteiger partial charge in [0.05, 0.1) is 5.69 Å². The van der Waals surface area contributed by atoms with Crippen molar-refractivity contribution >= 4 is 0 Å². The molecule has 0 saturated carbocycles. The van der Waals surface area contributed by atoms with Crippen molar-refractivity contribution in [3.63, 3.8) is 0 Å². The molecule has 1 aromatic carbocycles. The molecule has 0 aliphatic carbocycles. The molecular formula is C13H15F2N3. The first-order valence-electron chi connectivity index (χ1n) is 5.92. The highest BCUT2D eigenvalue weighted by Gasteiger charge is 2.11. The molecule has 2 aromatic rings. The molecule has 0 unspecified atom stereocenters. The van der Waals surface area contributed by atoms with Crippen LogP contribution in [0.4, 0.5) is 8.78 Å². The Bertz CT molecular complexity index is 502. The van der Waals surface area contributed by atoms with Crippen LogP contribution in [0.25, 0.3) is 5.69 Å². The molecule has 0 aliphatic heterocycles. The molecule has 1 heterocycles. The summed E-state index contributed by atoms with van der Waals surface area (Å²) in [7, 11) is 0. The van der Waals surface area contributed by atoms with Crippen molar-refractivity contribution in [2.24, 2.45) is 0 Å². The van der Waals surface area contributed by atoms with Crippen molar-refractivity contribution in [1.29, 1.82) is 0 Å². The third-order valence-corrected chi connectivity index (χ3v) is 2.54. The monoisotopic (exact) mass is 251 g/mol. The van der Waals surface area contributed by atoms with E-state index in [1.165, 1.54) is 22.9 Å². The Morgan fingerprint density at radius 2 is 1.94 bits per heavy atom. The predicted octanol–water partition coefficient (Wildman–Crippen LogP) is 2.65. The molecule has 18 heavy (non-hydrogen) atoms. The van der Waals surface area contributed by atoms with Gasteiger partial charge in [0.25, 0.3) is 0 Å². The molecule has 0 radical (unpaired) electrons. The lowest BCUT2D eigenvalue weighted by atomic mass is 10.3. The van der Waals surface area contributed by atoms with E-state index in [2.05, 4.69) is 17.3 Å². The van der Waals surface area contributed by atoms with Crippen LogP contribution in [-0.2, 0) is 6.54 Å². The summed E-state index contributed by atoms with van der Waals surface area (Å²) in [4.78, 5) is 0. The molecule has 0 spiro atoms. The summed E-state index contributed by atoms with van der Waals surface area (Å²) in [5.41, 5.74) is 0.616. The van der Waals surface area contributed by atoms with Gasteiger partial charge < -0.3 is 5.32 Å². The van der Waals surface area contributed by atoms with Gasteiger partial charge in [-0.15, -0.1) is 0 Å². The van der Waals surface area contributed by atoms with Crippen LogP contribution in [0, 0.1) is 11.6 Å². The number of benzene rings is 1. The van der Waals surface area contributed by atoms with E-state index < -0.39 is 11.6 Å². The molecule has 5 heteroatoms. The molecule has 3 nitrogen and oxygen atoms in total. The van der Waals surface area contributed by atoms with Crippen LogP contribution in [0.3, 0.4) is 0 Å². The largest absolute Gasteiger partial charge is 0.311 e. The van der Waals surface area contributed by atoms with Gasteiger partial charge in [-0.25, -0.2) is 13.5 Å². The zero-order valence-electron chi connectivity index (χ0n) is 10.2. The lowest BCUT2D eigenvalue weighted by Crippen LogP contribution is -2.14. The molecule has 0 atom stereocenters. The summed E-state index contributed by atoms with van der Waals surface area (Å²) in [6, 6.07) is 5.51. The summed E-state index contributed by atoms with van der Waals surface area (Å²) < 4.78 is 28.3. The minimum atomic E-state index is -0.619. The second-order valence-corrected chi connectivity index (χ2v) is 4.00. The lowest BCUT2D eigenvalue weighted by Gasteiger charge is -2.04. The van der Waals surface area contributed by atoms with E-state index in [0.29, 0.717) is 6.54 Å². The fourth-order valence-electron chi connectivity index (χ4n) is 1.68. The summed E-state index contributed by atoms with van der Waals surface area (Å²) in [6.07, 6.45) is 2.59. The SMILES string of the molecule is CCCNCc1ccn(-c2c(F)cccc2F)n1. The number of para-hydroxylation sites is 1. The molecule has 2 rings (SSSR count). The Balaban J connectivity index is 2.19. The van der Waals surface area contributed by atoms with E-state index in [-0.39, 0.29) is 5.69 Å². The Kier molecular flexibility index (Phi) is 4.04. The van der Waals surface area contributed by atoms with Crippen molar-refractivity contribution < 1.29 is 8.78 Å².